The molecule has 0 radical (unpaired) electrons. The number of hydrogen-bond donors (Lipinski definition) is 1. The van der Waals surface area contributed by atoms with E-state index >= 15 is 0 Å². The first-order valence-corrected chi connectivity index (χ1v) is 7.32. The molecular formula is C16H14F3N5O. The number of para-hydroxylation sites is 1. The summed E-state index contributed by atoms with van der Waals surface area (Å²) in [6, 6.07) is 9.92. The second-order valence-corrected chi connectivity index (χ2v) is 5.54. The number of aryl methyl sites for hydroxylation is 1. The van der Waals surface area contributed by atoms with Crippen molar-refractivity contribution < 1.29 is 13.2 Å². The molecule has 9 heteroatoms. The zero-order chi connectivity index (χ0) is 18.2. The van der Waals surface area contributed by atoms with E-state index in [1.165, 1.54) is 18.2 Å². The highest BCUT2D eigenvalue weighted by Gasteiger charge is 2.34. The van der Waals surface area contributed by atoms with E-state index in [-0.39, 0.29) is 12.2 Å². The fraction of sp³-hybridized carbons (Fsp3) is 0.188. The van der Waals surface area contributed by atoms with Crippen LogP contribution in [0.25, 0.3) is 5.69 Å². The maximum atomic E-state index is 13.1. The molecule has 1 heterocycles. The first-order valence-electron chi connectivity index (χ1n) is 7.32. The van der Waals surface area contributed by atoms with E-state index < -0.39 is 17.4 Å². The summed E-state index contributed by atoms with van der Waals surface area (Å²) in [5.41, 5.74) is 5.86. The van der Waals surface area contributed by atoms with E-state index in [1.54, 1.807) is 18.2 Å². The minimum atomic E-state index is -4.60. The van der Waals surface area contributed by atoms with Crippen LogP contribution in [0.1, 0.15) is 16.7 Å². The van der Waals surface area contributed by atoms with Crippen LogP contribution in [0, 0.1) is 6.92 Å². The molecule has 0 saturated heterocycles. The Morgan fingerprint density at radius 1 is 1.12 bits per heavy atom. The molecule has 0 atom stereocenters. The smallest absolute Gasteiger partial charge is 0.399 e. The van der Waals surface area contributed by atoms with Gasteiger partial charge >= 0.3 is 11.9 Å². The molecule has 3 aromatic rings. The number of aromatic nitrogens is 4. The molecule has 6 nitrogen and oxygen atoms in total. The fourth-order valence-corrected chi connectivity index (χ4v) is 2.43. The topological polar surface area (TPSA) is 78.7 Å². The average Bonchev–Trinajstić information content (AvgIpc) is 2.91. The van der Waals surface area contributed by atoms with Gasteiger partial charge in [-0.15, -0.1) is 0 Å². The Labute approximate surface area is 140 Å². The molecule has 0 fully saturated rings. The molecule has 0 aliphatic heterocycles. The molecule has 2 aromatic carbocycles. The maximum absolute atomic E-state index is 13.1. The standard InChI is InChI=1S/C16H14F3N5O/c1-10-8-11(6-7-13(10)20)9-23-15(25)24(22-21-23)14-5-3-2-4-12(14)16(17,18)19/h2-8H,9,20H2,1H3. The summed E-state index contributed by atoms with van der Waals surface area (Å²) >= 11 is 0. The number of benzene rings is 2. The van der Waals surface area contributed by atoms with E-state index in [2.05, 4.69) is 10.4 Å². The van der Waals surface area contributed by atoms with Gasteiger partial charge in [0, 0.05) is 5.69 Å². The molecule has 0 spiro atoms. The normalized spacial score (nSPS) is 11.7. The zero-order valence-corrected chi connectivity index (χ0v) is 13.2. The zero-order valence-electron chi connectivity index (χ0n) is 13.2. The molecule has 0 amide bonds. The lowest BCUT2D eigenvalue weighted by atomic mass is 10.1. The van der Waals surface area contributed by atoms with Gasteiger partial charge in [-0.2, -0.15) is 22.5 Å². The van der Waals surface area contributed by atoms with Gasteiger partial charge in [0.15, 0.2) is 0 Å². The van der Waals surface area contributed by atoms with Crippen LogP contribution in [0.2, 0.25) is 0 Å². The number of nitrogens with zero attached hydrogens (tertiary/aromatic N) is 4. The van der Waals surface area contributed by atoms with Crippen LogP contribution in [0.5, 0.6) is 0 Å². The Morgan fingerprint density at radius 3 is 2.52 bits per heavy atom. The lowest BCUT2D eigenvalue weighted by molar-refractivity contribution is -0.137. The van der Waals surface area contributed by atoms with E-state index in [4.69, 9.17) is 5.73 Å². The van der Waals surface area contributed by atoms with Gasteiger partial charge < -0.3 is 5.73 Å². The van der Waals surface area contributed by atoms with Crippen LogP contribution in [-0.2, 0) is 12.7 Å². The highest BCUT2D eigenvalue weighted by Crippen LogP contribution is 2.32. The first kappa shape index (κ1) is 16.7. The lowest BCUT2D eigenvalue weighted by Gasteiger charge is -2.10. The number of hydrogen-bond acceptors (Lipinski definition) is 4. The largest absolute Gasteiger partial charge is 0.418 e. The summed E-state index contributed by atoms with van der Waals surface area (Å²) in [6.45, 7) is 1.90. The highest BCUT2D eigenvalue weighted by molar-refractivity contribution is 5.47. The van der Waals surface area contributed by atoms with Crippen molar-refractivity contribution >= 4 is 5.69 Å². The summed E-state index contributed by atoms with van der Waals surface area (Å²) in [6.07, 6.45) is -4.60. The Bertz CT molecular complexity index is 974. The lowest BCUT2D eigenvalue weighted by Crippen LogP contribution is -2.26. The number of nitrogens with two attached hydrogens (primary N) is 1. The minimum absolute atomic E-state index is 0.0775. The van der Waals surface area contributed by atoms with Gasteiger partial charge in [0.05, 0.1) is 17.8 Å². The van der Waals surface area contributed by atoms with Gasteiger partial charge in [-0.1, -0.05) is 24.3 Å². The Morgan fingerprint density at radius 2 is 1.84 bits per heavy atom. The predicted octanol–water partition coefficient (Wildman–Crippen LogP) is 2.39. The van der Waals surface area contributed by atoms with E-state index in [0.717, 1.165) is 21.9 Å². The van der Waals surface area contributed by atoms with E-state index in [9.17, 15) is 18.0 Å². The second-order valence-electron chi connectivity index (χ2n) is 5.54. The van der Waals surface area contributed by atoms with Gasteiger partial charge in [0.1, 0.15) is 0 Å². The molecule has 0 bridgehead atoms. The number of halogens is 3. The molecule has 130 valence electrons. The first-order chi connectivity index (χ1) is 11.8. The average molecular weight is 349 g/mol. The molecule has 0 aliphatic carbocycles. The van der Waals surface area contributed by atoms with Crippen molar-refractivity contribution in [1.82, 2.24) is 19.8 Å². The van der Waals surface area contributed by atoms with Crippen LogP contribution in [0.3, 0.4) is 0 Å². The molecule has 0 unspecified atom stereocenters. The maximum Gasteiger partial charge on any atom is 0.418 e. The summed E-state index contributed by atoms with van der Waals surface area (Å²) in [5, 5.41) is 7.27. The van der Waals surface area contributed by atoms with E-state index in [1.807, 2.05) is 6.92 Å². The van der Waals surface area contributed by atoms with E-state index in [0.29, 0.717) is 10.4 Å². The molecular weight excluding hydrogens is 335 g/mol. The Kier molecular flexibility index (Phi) is 4.07. The number of anilines is 1. The van der Waals surface area contributed by atoms with Gasteiger partial charge in [-0.05, 0) is 46.7 Å². The number of alkyl halides is 3. The van der Waals surface area contributed by atoms with Crippen molar-refractivity contribution in [3.8, 4) is 5.69 Å². The summed E-state index contributed by atoms with van der Waals surface area (Å²) in [5.74, 6) is 0. The third-order valence-corrected chi connectivity index (χ3v) is 3.74. The van der Waals surface area contributed by atoms with Gasteiger partial charge in [0.2, 0.25) is 0 Å². The van der Waals surface area contributed by atoms with Crippen molar-refractivity contribution in [2.45, 2.75) is 19.6 Å². The fourth-order valence-electron chi connectivity index (χ4n) is 2.43. The highest BCUT2D eigenvalue weighted by atomic mass is 19.4. The van der Waals surface area contributed by atoms with Crippen LogP contribution in [0.15, 0.2) is 47.3 Å². The third kappa shape index (κ3) is 3.25. The van der Waals surface area contributed by atoms with Gasteiger partial charge in [0.25, 0.3) is 0 Å². The quantitative estimate of drug-likeness (QED) is 0.737. The number of nitrogen functional groups attached to an aromatic ring is 1. The molecule has 0 saturated carbocycles. The monoisotopic (exact) mass is 349 g/mol. The van der Waals surface area contributed by atoms with Crippen molar-refractivity contribution in [2.75, 3.05) is 5.73 Å². The Balaban J connectivity index is 2.00. The molecule has 25 heavy (non-hydrogen) atoms. The minimum Gasteiger partial charge on any atom is -0.399 e. The van der Waals surface area contributed by atoms with Crippen molar-refractivity contribution in [3.05, 3.63) is 69.6 Å². The van der Waals surface area contributed by atoms with Crippen molar-refractivity contribution in [2.24, 2.45) is 0 Å². The second kappa shape index (κ2) is 6.08. The SMILES string of the molecule is Cc1cc(Cn2nnn(-c3ccccc3C(F)(F)F)c2=O)ccc1N. The number of rotatable bonds is 3. The molecule has 0 aliphatic rings. The molecule has 3 rings (SSSR count). The summed E-state index contributed by atoms with van der Waals surface area (Å²) < 4.78 is 41.0. The Hall–Kier alpha value is -3.10. The van der Waals surface area contributed by atoms with Crippen molar-refractivity contribution in [3.63, 3.8) is 0 Å². The van der Waals surface area contributed by atoms with Crippen molar-refractivity contribution in [1.29, 1.82) is 0 Å². The van der Waals surface area contributed by atoms with Crippen LogP contribution >= 0.6 is 0 Å². The van der Waals surface area contributed by atoms with Crippen LogP contribution in [-0.4, -0.2) is 19.8 Å². The van der Waals surface area contributed by atoms with Crippen LogP contribution in [0.4, 0.5) is 18.9 Å². The molecule has 1 aromatic heterocycles. The number of tetrazole rings is 1. The summed E-state index contributed by atoms with van der Waals surface area (Å²) in [7, 11) is 0. The third-order valence-electron chi connectivity index (χ3n) is 3.74. The van der Waals surface area contributed by atoms with Crippen LogP contribution < -0.4 is 11.4 Å². The summed E-state index contributed by atoms with van der Waals surface area (Å²) in [4.78, 5) is 12.4. The van der Waals surface area contributed by atoms with Gasteiger partial charge in [-0.3, -0.25) is 0 Å². The van der Waals surface area contributed by atoms with Gasteiger partial charge in [-0.25, -0.2) is 4.79 Å². The molecule has 2 N–H and O–H groups in total. The predicted molar refractivity (Wildman–Crippen MR) is 85.3 cm³/mol.